The van der Waals surface area contributed by atoms with Crippen LogP contribution in [0.3, 0.4) is 0 Å². The van der Waals surface area contributed by atoms with Gasteiger partial charge in [0.25, 0.3) is 0 Å². The van der Waals surface area contributed by atoms with Crippen LogP contribution in [0, 0.1) is 0 Å². The molecule has 4 nitrogen and oxygen atoms in total. The highest BCUT2D eigenvalue weighted by Crippen LogP contribution is 2.22. The van der Waals surface area contributed by atoms with Crippen LogP contribution in [0.1, 0.15) is 11.4 Å². The van der Waals surface area contributed by atoms with Crippen molar-refractivity contribution in [3.05, 3.63) is 59.9 Å². The van der Waals surface area contributed by atoms with Gasteiger partial charge in [0.15, 0.2) is 5.82 Å². The van der Waals surface area contributed by atoms with Gasteiger partial charge in [0, 0.05) is 13.6 Å². The minimum atomic E-state index is -1.61. The molecule has 3 rings (SSSR count). The molecule has 0 unspecified atom stereocenters. The number of aliphatic imine (C=N–C) groups is 1. The van der Waals surface area contributed by atoms with Crippen molar-refractivity contribution in [2.45, 2.75) is 26.1 Å². The Morgan fingerprint density at radius 3 is 2.56 bits per heavy atom. The highest BCUT2D eigenvalue weighted by molar-refractivity contribution is 6.70. The summed E-state index contributed by atoms with van der Waals surface area (Å²) in [7, 11) is 0.414. The number of nitrogens with zero attached hydrogens (tertiary/aromatic N) is 3. The summed E-state index contributed by atoms with van der Waals surface area (Å²) in [6.07, 6.45) is 2.73. The second-order valence-electron chi connectivity index (χ2n) is 7.13. The van der Waals surface area contributed by atoms with Crippen molar-refractivity contribution in [2.75, 3.05) is 6.54 Å². The first-order chi connectivity index (χ1) is 11.9. The fraction of sp³-hybridized carbons (Fsp3) is 0.300. The third-order valence-electron chi connectivity index (χ3n) is 3.93. The van der Waals surface area contributed by atoms with Gasteiger partial charge >= 0.3 is 0 Å². The smallest absolute Gasteiger partial charge is 0.242 e. The Kier molecular flexibility index (Phi) is 5.04. The van der Waals surface area contributed by atoms with E-state index in [2.05, 4.69) is 58.4 Å². The molecule has 0 N–H and O–H groups in total. The third kappa shape index (κ3) is 4.36. The molecule has 0 saturated heterocycles. The van der Waals surface area contributed by atoms with Gasteiger partial charge in [-0.1, -0.05) is 30.3 Å². The number of fused-ring (bicyclic) bond motifs is 1. The van der Waals surface area contributed by atoms with Crippen LogP contribution in [0.15, 0.2) is 53.5 Å². The van der Waals surface area contributed by atoms with Crippen LogP contribution in [0.5, 0.6) is 5.75 Å². The van der Waals surface area contributed by atoms with Crippen LogP contribution >= 0.6 is 0 Å². The van der Waals surface area contributed by atoms with Crippen molar-refractivity contribution in [3.63, 3.8) is 0 Å². The molecular weight excluding hydrogens is 326 g/mol. The zero-order valence-corrected chi connectivity index (χ0v) is 16.4. The molecule has 0 aliphatic rings. The van der Waals surface area contributed by atoms with Gasteiger partial charge in [-0.05, 0) is 49.8 Å². The van der Waals surface area contributed by atoms with E-state index < -0.39 is 8.32 Å². The third-order valence-corrected chi connectivity index (χ3v) is 4.76. The number of benzene rings is 2. The largest absolute Gasteiger partial charge is 0.544 e. The first-order valence-electron chi connectivity index (χ1n) is 8.62. The number of aryl methyl sites for hydroxylation is 1. The summed E-state index contributed by atoms with van der Waals surface area (Å²) in [5.74, 6) is 1.88. The Hall–Kier alpha value is -2.40. The highest BCUT2D eigenvalue weighted by Gasteiger charge is 2.17. The lowest BCUT2D eigenvalue weighted by Crippen LogP contribution is -2.29. The summed E-state index contributed by atoms with van der Waals surface area (Å²) < 4.78 is 8.25. The number of para-hydroxylation sites is 3. The lowest BCUT2D eigenvalue weighted by molar-refractivity contribution is 0.549. The average molecular weight is 352 g/mol. The highest BCUT2D eigenvalue weighted by atomic mass is 28.4. The molecular formula is C20H25N3OSi. The van der Waals surface area contributed by atoms with Crippen LogP contribution in [-0.2, 0) is 13.5 Å². The van der Waals surface area contributed by atoms with Gasteiger partial charge in [0.1, 0.15) is 5.75 Å². The minimum absolute atomic E-state index is 0.718. The Morgan fingerprint density at radius 1 is 1.08 bits per heavy atom. The van der Waals surface area contributed by atoms with Crippen molar-refractivity contribution >= 4 is 25.6 Å². The topological polar surface area (TPSA) is 39.4 Å². The first kappa shape index (κ1) is 17.4. The Morgan fingerprint density at radius 2 is 1.80 bits per heavy atom. The van der Waals surface area contributed by atoms with E-state index in [0.29, 0.717) is 0 Å². The quantitative estimate of drug-likeness (QED) is 0.486. The van der Waals surface area contributed by atoms with E-state index >= 15 is 0 Å². The van der Waals surface area contributed by atoms with Crippen molar-refractivity contribution in [2.24, 2.45) is 12.0 Å². The van der Waals surface area contributed by atoms with Crippen LogP contribution in [0.2, 0.25) is 19.6 Å². The summed E-state index contributed by atoms with van der Waals surface area (Å²) in [6, 6.07) is 16.4. The van der Waals surface area contributed by atoms with Gasteiger partial charge in [0.2, 0.25) is 8.32 Å². The van der Waals surface area contributed by atoms with Gasteiger partial charge in [-0.3, -0.25) is 4.99 Å². The molecule has 0 amide bonds. The first-order valence-corrected chi connectivity index (χ1v) is 12.0. The monoisotopic (exact) mass is 351 g/mol. The molecule has 2 aromatic carbocycles. The molecule has 25 heavy (non-hydrogen) atoms. The molecule has 0 radical (unpaired) electrons. The van der Waals surface area contributed by atoms with Crippen LogP contribution in [0.25, 0.3) is 11.0 Å². The predicted molar refractivity (Wildman–Crippen MR) is 107 cm³/mol. The Balaban J connectivity index is 1.68. The second-order valence-corrected chi connectivity index (χ2v) is 11.6. The average Bonchev–Trinajstić information content (AvgIpc) is 2.88. The maximum absolute atomic E-state index is 6.18. The summed E-state index contributed by atoms with van der Waals surface area (Å²) >= 11 is 0. The molecule has 1 aromatic heterocycles. The summed E-state index contributed by atoms with van der Waals surface area (Å²) in [5, 5.41) is 0. The molecule has 3 aromatic rings. The van der Waals surface area contributed by atoms with Crippen LogP contribution in [0.4, 0.5) is 0 Å². The van der Waals surface area contributed by atoms with Gasteiger partial charge in [-0.25, -0.2) is 4.98 Å². The number of imidazole rings is 1. The molecule has 0 fully saturated rings. The molecule has 0 aliphatic heterocycles. The molecule has 130 valence electrons. The SMILES string of the molecule is Cn1c(C=NCCc2ccccc2O[Si](C)(C)C)nc2ccccc21. The predicted octanol–water partition coefficient (Wildman–Crippen LogP) is 4.45. The van der Waals surface area contributed by atoms with Crippen molar-refractivity contribution in [1.82, 2.24) is 9.55 Å². The number of hydrogen-bond donors (Lipinski definition) is 0. The van der Waals surface area contributed by atoms with E-state index in [1.807, 2.05) is 37.5 Å². The van der Waals surface area contributed by atoms with Crippen LogP contribution < -0.4 is 4.43 Å². The lowest BCUT2D eigenvalue weighted by atomic mass is 10.1. The van der Waals surface area contributed by atoms with Crippen molar-refractivity contribution < 1.29 is 4.43 Å². The second kappa shape index (κ2) is 7.23. The maximum atomic E-state index is 6.18. The van der Waals surface area contributed by atoms with Crippen molar-refractivity contribution in [1.29, 1.82) is 0 Å². The van der Waals surface area contributed by atoms with Gasteiger partial charge in [-0.2, -0.15) is 0 Å². The fourth-order valence-corrected chi connectivity index (χ4v) is 3.61. The molecule has 0 aliphatic carbocycles. The standard InChI is InChI=1S/C20H25N3OSi/c1-23-18-11-7-6-10-17(18)22-20(23)15-21-14-13-16-9-5-8-12-19(16)24-25(2,3)4/h5-12,15H,13-14H2,1-4H3. The molecule has 5 heteroatoms. The Bertz CT molecular complexity index is 893. The molecule has 0 atom stereocenters. The van der Waals surface area contributed by atoms with E-state index in [0.717, 1.165) is 35.6 Å². The zero-order valence-electron chi connectivity index (χ0n) is 15.4. The van der Waals surface area contributed by atoms with E-state index in [1.165, 1.54) is 5.56 Å². The van der Waals surface area contributed by atoms with Crippen LogP contribution in [-0.4, -0.2) is 30.6 Å². The van der Waals surface area contributed by atoms with Crippen molar-refractivity contribution in [3.8, 4) is 5.75 Å². The zero-order chi connectivity index (χ0) is 17.9. The maximum Gasteiger partial charge on any atom is 0.242 e. The molecule has 0 spiro atoms. The van der Waals surface area contributed by atoms with E-state index in [9.17, 15) is 0 Å². The molecule has 1 heterocycles. The summed E-state index contributed by atoms with van der Waals surface area (Å²) in [4.78, 5) is 9.20. The summed E-state index contributed by atoms with van der Waals surface area (Å²) in [5.41, 5.74) is 3.34. The molecule has 0 saturated carbocycles. The van der Waals surface area contributed by atoms with Gasteiger partial charge in [0.05, 0.1) is 17.2 Å². The Labute approximate surface area is 150 Å². The lowest BCUT2D eigenvalue weighted by Gasteiger charge is -2.21. The van der Waals surface area contributed by atoms with Gasteiger partial charge < -0.3 is 8.99 Å². The summed E-state index contributed by atoms with van der Waals surface area (Å²) in [6.45, 7) is 7.32. The molecule has 0 bridgehead atoms. The number of rotatable bonds is 6. The fourth-order valence-electron chi connectivity index (χ4n) is 2.75. The number of hydrogen-bond acceptors (Lipinski definition) is 3. The number of aromatic nitrogens is 2. The minimum Gasteiger partial charge on any atom is -0.544 e. The normalized spacial score (nSPS) is 12.2. The van der Waals surface area contributed by atoms with E-state index in [-0.39, 0.29) is 0 Å². The van der Waals surface area contributed by atoms with E-state index in [4.69, 9.17) is 4.43 Å². The van der Waals surface area contributed by atoms with E-state index in [1.54, 1.807) is 0 Å². The van der Waals surface area contributed by atoms with Gasteiger partial charge in [-0.15, -0.1) is 0 Å².